The number of aryl methyl sites for hydroxylation is 1. The Balaban J connectivity index is 0.00000326. The normalized spacial score (nSPS) is 13.7. The minimum absolute atomic E-state index is 0.482. The molecule has 0 aliphatic heterocycles. The SMILES string of the molecule is CCOP(=O)(CCCc1cc(CN(C)C)[c-]c(CN(C)C)c1)N(C)C.[Br][Pt+]. The second-order valence-corrected chi connectivity index (χ2v) is 10.0. The second kappa shape index (κ2) is 14.4. The number of nitrogens with zero attached hydrogens (tertiary/aromatic N) is 3. The summed E-state index contributed by atoms with van der Waals surface area (Å²) < 4.78 is 20.1. The van der Waals surface area contributed by atoms with Gasteiger partial charge in [0.2, 0.25) is 0 Å². The molecule has 0 amide bonds. The summed E-state index contributed by atoms with van der Waals surface area (Å²) in [5.41, 5.74) is 3.70. The van der Waals surface area contributed by atoms with Gasteiger partial charge in [-0.25, -0.2) is 4.67 Å². The van der Waals surface area contributed by atoms with Gasteiger partial charge in [-0.15, -0.1) is 11.1 Å². The molecule has 1 aromatic rings. The van der Waals surface area contributed by atoms with Crippen LogP contribution in [0.1, 0.15) is 30.0 Å². The molecule has 0 heterocycles. The van der Waals surface area contributed by atoms with Crippen molar-refractivity contribution in [1.82, 2.24) is 14.5 Å². The van der Waals surface area contributed by atoms with Gasteiger partial charge in [-0.05, 0) is 62.1 Å². The molecule has 8 heteroatoms. The average molecular weight is 643 g/mol. The molecule has 1 rings (SSSR count). The van der Waals surface area contributed by atoms with Gasteiger partial charge in [-0.2, -0.15) is 23.8 Å². The van der Waals surface area contributed by atoms with Crippen molar-refractivity contribution >= 4 is 20.8 Å². The van der Waals surface area contributed by atoms with E-state index < -0.39 is 7.52 Å². The predicted molar refractivity (Wildman–Crippen MR) is 115 cm³/mol. The molecule has 0 aromatic heterocycles. The van der Waals surface area contributed by atoms with Crippen molar-refractivity contribution in [2.45, 2.75) is 32.9 Å². The summed E-state index contributed by atoms with van der Waals surface area (Å²) in [6.45, 7) is 4.13. The van der Waals surface area contributed by atoms with Crippen molar-refractivity contribution in [2.75, 3.05) is 55.1 Å². The van der Waals surface area contributed by atoms with E-state index in [1.165, 1.54) is 16.7 Å². The molecule has 0 saturated heterocycles. The van der Waals surface area contributed by atoms with Gasteiger partial charge in [0, 0.05) is 19.3 Å². The number of rotatable bonds is 11. The van der Waals surface area contributed by atoms with E-state index in [9.17, 15) is 4.57 Å². The van der Waals surface area contributed by atoms with Crippen LogP contribution in [-0.2, 0) is 46.4 Å². The zero-order valence-electron chi connectivity index (χ0n) is 17.7. The molecule has 0 spiro atoms. The van der Waals surface area contributed by atoms with Gasteiger partial charge in [0.15, 0.2) is 0 Å². The number of benzene rings is 1. The van der Waals surface area contributed by atoms with E-state index in [2.05, 4.69) is 69.5 Å². The Hall–Kier alpha value is 0.458. The zero-order valence-corrected chi connectivity index (χ0v) is 22.4. The summed E-state index contributed by atoms with van der Waals surface area (Å²) in [7, 11) is 9.26. The zero-order chi connectivity index (χ0) is 21.0. The molecule has 0 aliphatic carbocycles. The fourth-order valence-corrected chi connectivity index (χ4v) is 4.55. The predicted octanol–water partition coefficient (Wildman–Crippen LogP) is 4.18. The van der Waals surface area contributed by atoms with Crippen molar-refractivity contribution in [2.24, 2.45) is 0 Å². The van der Waals surface area contributed by atoms with Crippen molar-refractivity contribution in [1.29, 1.82) is 0 Å². The molecule has 1 aromatic carbocycles. The van der Waals surface area contributed by atoms with E-state index in [1.54, 1.807) is 4.67 Å². The van der Waals surface area contributed by atoms with E-state index in [1.807, 2.05) is 38.8 Å². The Morgan fingerprint density at radius 2 is 1.52 bits per heavy atom. The first-order valence-corrected chi connectivity index (χ1v) is 15.8. The fourth-order valence-electron chi connectivity index (χ4n) is 2.83. The third-order valence-electron chi connectivity index (χ3n) is 3.86. The van der Waals surface area contributed by atoms with Gasteiger partial charge in [-0.1, -0.05) is 0 Å². The standard InChI is InChI=1S/C19H35N3O2P.BrH.Pt/c1-8-24-25(23,22(6)7)11-9-10-17-12-18(15-20(2)3)14-19(13-17)16-21(4)5;;/h12-13H,8-11,15-16H2,1-7H3;1H;/q-1;;+2/p-1. The van der Waals surface area contributed by atoms with Crippen LogP contribution in [0.5, 0.6) is 0 Å². The van der Waals surface area contributed by atoms with Crippen LogP contribution in [-0.4, -0.2) is 69.5 Å². The summed E-state index contributed by atoms with van der Waals surface area (Å²) in [6, 6.07) is 7.97. The first kappa shape index (κ1) is 27.5. The molecule has 1 unspecified atom stereocenters. The van der Waals surface area contributed by atoms with Gasteiger partial charge < -0.3 is 14.3 Å². The van der Waals surface area contributed by atoms with Crippen LogP contribution in [0.2, 0.25) is 0 Å². The van der Waals surface area contributed by atoms with Crippen LogP contribution >= 0.6 is 20.8 Å². The minimum atomic E-state index is -2.69. The second-order valence-electron chi connectivity index (χ2n) is 7.24. The summed E-state index contributed by atoms with van der Waals surface area (Å²) in [5, 5.41) is 0. The van der Waals surface area contributed by atoms with Crippen molar-refractivity contribution in [3.05, 3.63) is 34.9 Å². The molecule has 27 heavy (non-hydrogen) atoms. The summed E-state index contributed by atoms with van der Waals surface area (Å²) in [5.74, 6) is 0. The average Bonchev–Trinajstić information content (AvgIpc) is 2.55. The first-order valence-electron chi connectivity index (χ1n) is 9.03. The number of hydrogen-bond acceptors (Lipinski definition) is 4. The molecule has 160 valence electrons. The topological polar surface area (TPSA) is 36.0 Å². The quantitative estimate of drug-likeness (QED) is 0.268. The number of halogens is 1. The number of hydrogen-bond donors (Lipinski definition) is 0. The summed E-state index contributed by atoms with van der Waals surface area (Å²) in [6.07, 6.45) is 2.33. The molecule has 5 nitrogen and oxygen atoms in total. The Morgan fingerprint density at radius 3 is 1.89 bits per heavy atom. The van der Waals surface area contributed by atoms with Gasteiger partial charge in [-0.3, -0.25) is 4.57 Å². The Kier molecular flexibility index (Phi) is 14.7. The molecule has 0 saturated carbocycles. The summed E-state index contributed by atoms with van der Waals surface area (Å²) in [4.78, 5) is 4.31. The Morgan fingerprint density at radius 1 is 1.04 bits per heavy atom. The fraction of sp³-hybridized carbons (Fsp3) is 0.684. The van der Waals surface area contributed by atoms with Crippen LogP contribution in [0.3, 0.4) is 0 Å². The van der Waals surface area contributed by atoms with E-state index >= 15 is 0 Å². The van der Waals surface area contributed by atoms with Crippen LogP contribution in [0.15, 0.2) is 12.1 Å². The van der Waals surface area contributed by atoms with Crippen LogP contribution in [0.4, 0.5) is 0 Å². The molecule has 0 N–H and O–H groups in total. The van der Waals surface area contributed by atoms with E-state index in [-0.39, 0.29) is 0 Å². The molecule has 0 radical (unpaired) electrons. The van der Waals surface area contributed by atoms with Gasteiger partial charge in [0.1, 0.15) is 0 Å². The third-order valence-corrected chi connectivity index (χ3v) is 6.62. The molecular weight excluding hydrogens is 608 g/mol. The maximum absolute atomic E-state index is 12.8. The van der Waals surface area contributed by atoms with Gasteiger partial charge >= 0.3 is 31.1 Å². The van der Waals surface area contributed by atoms with Crippen LogP contribution < -0.4 is 0 Å². The van der Waals surface area contributed by atoms with Crippen molar-refractivity contribution in [3.63, 3.8) is 0 Å². The van der Waals surface area contributed by atoms with Crippen LogP contribution in [0, 0.1) is 6.07 Å². The first-order chi connectivity index (χ1) is 12.7. The molecule has 0 aliphatic rings. The maximum atomic E-state index is 12.8. The molecule has 0 bridgehead atoms. The third kappa shape index (κ3) is 11.3. The molecular formula is C19H35BrN3O2PPt. The molecule has 1 atom stereocenters. The van der Waals surface area contributed by atoms with Gasteiger partial charge in [0.05, 0.1) is 6.61 Å². The van der Waals surface area contributed by atoms with Crippen molar-refractivity contribution < 1.29 is 26.8 Å². The summed E-state index contributed by atoms with van der Waals surface area (Å²) >= 11 is 4.86. The molecule has 0 fully saturated rings. The van der Waals surface area contributed by atoms with Crippen molar-refractivity contribution in [3.8, 4) is 0 Å². The van der Waals surface area contributed by atoms with E-state index in [0.29, 0.717) is 12.8 Å². The van der Waals surface area contributed by atoms with E-state index in [4.69, 9.17) is 4.52 Å². The van der Waals surface area contributed by atoms with E-state index in [0.717, 1.165) is 25.9 Å². The van der Waals surface area contributed by atoms with Crippen LogP contribution in [0.25, 0.3) is 0 Å². The monoisotopic (exact) mass is 642 g/mol. The van der Waals surface area contributed by atoms with Gasteiger partial charge in [0.25, 0.3) is 7.52 Å². The Labute approximate surface area is 184 Å². The Bertz CT molecular complexity index is 558.